The van der Waals surface area contributed by atoms with Gasteiger partial charge < -0.3 is 10.6 Å². The van der Waals surface area contributed by atoms with Crippen molar-refractivity contribution < 1.29 is 9.59 Å². The molecule has 0 aliphatic rings. The molecule has 0 radical (unpaired) electrons. The van der Waals surface area contributed by atoms with Crippen LogP contribution in [0, 0.1) is 19.8 Å². The van der Waals surface area contributed by atoms with E-state index >= 15 is 0 Å². The molecule has 0 unspecified atom stereocenters. The Labute approximate surface area is 155 Å². The molecular weight excluding hydrogens is 328 g/mol. The molecule has 0 aliphatic carbocycles. The van der Waals surface area contributed by atoms with Gasteiger partial charge in [0.2, 0.25) is 11.8 Å². The number of carbonyl (C=O) groups is 2. The minimum absolute atomic E-state index is 0.0156. The fourth-order valence-electron chi connectivity index (χ4n) is 2.94. The fraction of sp³-hybridized carbons (Fsp3) is 0.450. The molecule has 0 spiro atoms. The topological polar surface area (TPSA) is 76.0 Å². The van der Waals surface area contributed by atoms with Crippen molar-refractivity contribution in [2.45, 2.75) is 53.8 Å². The first kappa shape index (κ1) is 19.7. The van der Waals surface area contributed by atoms with Crippen LogP contribution >= 0.6 is 0 Å². The summed E-state index contributed by atoms with van der Waals surface area (Å²) in [6.45, 7) is 10.3. The van der Waals surface area contributed by atoms with E-state index in [0.717, 1.165) is 17.0 Å². The molecule has 0 saturated carbocycles. The van der Waals surface area contributed by atoms with Gasteiger partial charge >= 0.3 is 0 Å². The SMILES string of the molecule is CC(=O)N[C@H](C(=O)NCc1c(C)nn(Cc2ccccc2)c1C)C(C)C. The zero-order valence-corrected chi connectivity index (χ0v) is 16.2. The summed E-state index contributed by atoms with van der Waals surface area (Å²) in [6, 6.07) is 9.61. The number of aryl methyl sites for hydroxylation is 1. The number of hydrogen-bond donors (Lipinski definition) is 2. The van der Waals surface area contributed by atoms with Crippen LogP contribution in [0.1, 0.15) is 43.3 Å². The quantitative estimate of drug-likeness (QED) is 0.799. The van der Waals surface area contributed by atoms with E-state index in [9.17, 15) is 9.59 Å². The molecule has 1 aromatic heterocycles. The Bertz CT molecular complexity index is 766. The lowest BCUT2D eigenvalue weighted by atomic mass is 10.0. The van der Waals surface area contributed by atoms with Crippen LogP contribution in [-0.4, -0.2) is 27.6 Å². The lowest BCUT2D eigenvalue weighted by Crippen LogP contribution is -2.48. The monoisotopic (exact) mass is 356 g/mol. The minimum Gasteiger partial charge on any atom is -0.350 e. The average Bonchev–Trinajstić information content (AvgIpc) is 2.84. The number of rotatable bonds is 7. The summed E-state index contributed by atoms with van der Waals surface area (Å²) in [4.78, 5) is 23.8. The molecule has 2 N–H and O–H groups in total. The van der Waals surface area contributed by atoms with Crippen LogP contribution in [0.5, 0.6) is 0 Å². The summed E-state index contributed by atoms with van der Waals surface area (Å²) >= 11 is 0. The van der Waals surface area contributed by atoms with E-state index < -0.39 is 6.04 Å². The smallest absolute Gasteiger partial charge is 0.243 e. The summed E-state index contributed by atoms with van der Waals surface area (Å²) in [6.07, 6.45) is 0. The third kappa shape index (κ3) is 4.94. The van der Waals surface area contributed by atoms with Crippen LogP contribution in [0.15, 0.2) is 30.3 Å². The Morgan fingerprint density at radius 3 is 2.38 bits per heavy atom. The van der Waals surface area contributed by atoms with Gasteiger partial charge in [-0.3, -0.25) is 14.3 Å². The lowest BCUT2D eigenvalue weighted by molar-refractivity contribution is -0.129. The van der Waals surface area contributed by atoms with Crippen molar-refractivity contribution in [1.29, 1.82) is 0 Å². The Kier molecular flexibility index (Phi) is 6.55. The molecule has 6 nitrogen and oxygen atoms in total. The molecule has 0 bridgehead atoms. The summed E-state index contributed by atoms with van der Waals surface area (Å²) in [7, 11) is 0. The van der Waals surface area contributed by atoms with Gasteiger partial charge in [-0.15, -0.1) is 0 Å². The van der Waals surface area contributed by atoms with E-state index in [1.807, 2.05) is 50.6 Å². The predicted molar refractivity (Wildman–Crippen MR) is 102 cm³/mol. The van der Waals surface area contributed by atoms with Gasteiger partial charge in [0.15, 0.2) is 0 Å². The van der Waals surface area contributed by atoms with E-state index in [-0.39, 0.29) is 17.7 Å². The van der Waals surface area contributed by atoms with Gasteiger partial charge in [0.1, 0.15) is 6.04 Å². The standard InChI is InChI=1S/C20H28N4O2/c1-13(2)19(22-16(5)25)20(26)21-11-18-14(3)23-24(15(18)4)12-17-9-7-6-8-10-17/h6-10,13,19H,11-12H2,1-5H3,(H,21,26)(H,22,25)/t19-/m0/s1. The van der Waals surface area contributed by atoms with Crippen LogP contribution in [0.3, 0.4) is 0 Å². The first-order valence-corrected chi connectivity index (χ1v) is 8.91. The summed E-state index contributed by atoms with van der Waals surface area (Å²) in [5.74, 6) is -0.367. The number of carbonyl (C=O) groups excluding carboxylic acids is 2. The highest BCUT2D eigenvalue weighted by molar-refractivity contribution is 5.87. The summed E-state index contributed by atoms with van der Waals surface area (Å²) < 4.78 is 1.96. The molecule has 1 atom stereocenters. The van der Waals surface area contributed by atoms with E-state index in [1.165, 1.54) is 12.5 Å². The largest absolute Gasteiger partial charge is 0.350 e. The summed E-state index contributed by atoms with van der Waals surface area (Å²) in [5, 5.41) is 10.3. The molecule has 0 fully saturated rings. The number of aromatic nitrogens is 2. The maximum Gasteiger partial charge on any atom is 0.243 e. The highest BCUT2D eigenvalue weighted by Crippen LogP contribution is 2.15. The maximum atomic E-state index is 12.5. The van der Waals surface area contributed by atoms with Gasteiger partial charge in [0.05, 0.1) is 12.2 Å². The normalized spacial score (nSPS) is 12.1. The molecule has 1 aromatic carbocycles. The van der Waals surface area contributed by atoms with Crippen LogP contribution in [0.25, 0.3) is 0 Å². The van der Waals surface area contributed by atoms with Gasteiger partial charge in [-0.2, -0.15) is 5.10 Å². The van der Waals surface area contributed by atoms with Gasteiger partial charge in [-0.05, 0) is 25.3 Å². The van der Waals surface area contributed by atoms with E-state index in [1.54, 1.807) is 0 Å². The molecule has 2 aromatic rings. The molecule has 0 saturated heterocycles. The number of nitrogens with one attached hydrogen (secondary N) is 2. The highest BCUT2D eigenvalue weighted by Gasteiger charge is 2.23. The van der Waals surface area contributed by atoms with E-state index in [4.69, 9.17) is 0 Å². The van der Waals surface area contributed by atoms with E-state index in [0.29, 0.717) is 13.1 Å². The Morgan fingerprint density at radius 2 is 1.81 bits per heavy atom. The van der Waals surface area contributed by atoms with Crippen molar-refractivity contribution in [3.05, 3.63) is 52.8 Å². The molecule has 0 aliphatic heterocycles. The van der Waals surface area contributed by atoms with Crippen molar-refractivity contribution in [2.75, 3.05) is 0 Å². The molecular formula is C20H28N4O2. The number of benzene rings is 1. The molecule has 1 heterocycles. The number of amides is 2. The summed E-state index contributed by atoms with van der Waals surface area (Å²) in [5.41, 5.74) is 4.13. The van der Waals surface area contributed by atoms with Crippen LogP contribution in [-0.2, 0) is 22.7 Å². The third-order valence-electron chi connectivity index (χ3n) is 4.45. The zero-order valence-electron chi connectivity index (χ0n) is 16.2. The van der Waals surface area contributed by atoms with Crippen LogP contribution in [0.2, 0.25) is 0 Å². The maximum absolute atomic E-state index is 12.5. The predicted octanol–water partition coefficient (Wildman–Crippen LogP) is 2.33. The first-order valence-electron chi connectivity index (χ1n) is 8.91. The van der Waals surface area contributed by atoms with Gasteiger partial charge in [-0.25, -0.2) is 0 Å². The van der Waals surface area contributed by atoms with E-state index in [2.05, 4.69) is 27.9 Å². The average molecular weight is 356 g/mol. The fourth-order valence-corrected chi connectivity index (χ4v) is 2.94. The first-order chi connectivity index (χ1) is 12.3. The lowest BCUT2D eigenvalue weighted by Gasteiger charge is -2.21. The Hall–Kier alpha value is -2.63. The minimum atomic E-state index is -0.535. The van der Waals surface area contributed by atoms with Crippen molar-refractivity contribution in [3.8, 4) is 0 Å². The molecule has 140 valence electrons. The van der Waals surface area contributed by atoms with Crippen LogP contribution in [0.4, 0.5) is 0 Å². The molecule has 2 amide bonds. The van der Waals surface area contributed by atoms with Crippen molar-refractivity contribution >= 4 is 11.8 Å². The molecule has 2 rings (SSSR count). The van der Waals surface area contributed by atoms with Crippen molar-refractivity contribution in [2.24, 2.45) is 5.92 Å². The van der Waals surface area contributed by atoms with Gasteiger partial charge in [0.25, 0.3) is 0 Å². The van der Waals surface area contributed by atoms with Crippen LogP contribution < -0.4 is 10.6 Å². The zero-order chi connectivity index (χ0) is 19.3. The van der Waals surface area contributed by atoms with Gasteiger partial charge in [0, 0.05) is 24.7 Å². The number of nitrogens with zero attached hydrogens (tertiary/aromatic N) is 2. The van der Waals surface area contributed by atoms with Crippen molar-refractivity contribution in [1.82, 2.24) is 20.4 Å². The second-order valence-corrected chi connectivity index (χ2v) is 6.93. The second-order valence-electron chi connectivity index (χ2n) is 6.93. The molecule has 26 heavy (non-hydrogen) atoms. The second kappa shape index (κ2) is 8.65. The molecule has 6 heteroatoms. The number of hydrogen-bond acceptors (Lipinski definition) is 3. The highest BCUT2D eigenvalue weighted by atomic mass is 16.2. The third-order valence-corrected chi connectivity index (χ3v) is 4.45. The Balaban J connectivity index is 2.07. The Morgan fingerprint density at radius 1 is 1.15 bits per heavy atom. The van der Waals surface area contributed by atoms with Gasteiger partial charge in [-0.1, -0.05) is 44.2 Å². The van der Waals surface area contributed by atoms with Crippen molar-refractivity contribution in [3.63, 3.8) is 0 Å².